The maximum Gasteiger partial charge on any atom is 0.126 e. The number of Topliss-reactive ketones (excluding diaryl/α,β-unsaturated/α-hetero) is 1. The number of hydrogen-bond acceptors (Lipinski definition) is 2. The molecule has 0 amide bonds. The molecule has 0 aromatic rings. The summed E-state index contributed by atoms with van der Waals surface area (Å²) in [7, 11) is 0. The SMILES string of the molecule is CC(C)=O.CCCCCCCC/C=C\CCCCCCCCO. The van der Waals surface area contributed by atoms with E-state index in [2.05, 4.69) is 19.1 Å². The van der Waals surface area contributed by atoms with Crippen molar-refractivity contribution in [2.24, 2.45) is 0 Å². The van der Waals surface area contributed by atoms with Crippen LogP contribution in [-0.4, -0.2) is 17.5 Å². The minimum absolute atomic E-state index is 0.167. The van der Waals surface area contributed by atoms with Crippen LogP contribution >= 0.6 is 0 Å². The Morgan fingerprint density at radius 1 is 0.696 bits per heavy atom. The van der Waals surface area contributed by atoms with Gasteiger partial charge in [0.2, 0.25) is 0 Å². The largest absolute Gasteiger partial charge is 0.396 e. The van der Waals surface area contributed by atoms with Gasteiger partial charge < -0.3 is 9.90 Å². The molecule has 0 rings (SSSR count). The number of aliphatic hydroxyl groups excluding tert-OH is 1. The maximum atomic E-state index is 9.44. The second kappa shape index (κ2) is 23.6. The molecule has 0 aliphatic heterocycles. The van der Waals surface area contributed by atoms with Gasteiger partial charge in [0.05, 0.1) is 0 Å². The average molecular weight is 327 g/mol. The van der Waals surface area contributed by atoms with E-state index in [1.54, 1.807) is 0 Å². The number of carbonyl (C=O) groups excluding carboxylic acids is 1. The number of hydrogen-bond donors (Lipinski definition) is 1. The Balaban J connectivity index is 0. The first-order chi connectivity index (χ1) is 11.1. The number of unbranched alkanes of at least 4 members (excludes halogenated alkanes) is 12. The molecular formula is C21H42O2. The van der Waals surface area contributed by atoms with Gasteiger partial charge in [0.15, 0.2) is 0 Å². The van der Waals surface area contributed by atoms with Crippen LogP contribution in [0.15, 0.2) is 12.2 Å². The Hall–Kier alpha value is -0.630. The minimum Gasteiger partial charge on any atom is -0.396 e. The monoisotopic (exact) mass is 326 g/mol. The van der Waals surface area contributed by atoms with Gasteiger partial charge >= 0.3 is 0 Å². The highest BCUT2D eigenvalue weighted by atomic mass is 16.2. The Morgan fingerprint density at radius 2 is 1.04 bits per heavy atom. The first-order valence-electron chi connectivity index (χ1n) is 9.88. The van der Waals surface area contributed by atoms with Crippen LogP contribution < -0.4 is 0 Å². The summed E-state index contributed by atoms with van der Waals surface area (Å²) in [5.74, 6) is 0.167. The molecule has 0 aromatic carbocycles. The van der Waals surface area contributed by atoms with E-state index < -0.39 is 0 Å². The standard InChI is InChI=1S/C18H36O.C3H6O/c1-2-3-4-5-6-7-8-9-10-11-12-13-14-15-16-17-18-19;1-3(2)4/h9-10,19H,2-8,11-18H2,1H3;1-2H3/b10-9-;. The number of carbonyl (C=O) groups is 1. The predicted octanol–water partition coefficient (Wildman–Crippen LogP) is 6.61. The summed E-state index contributed by atoms with van der Waals surface area (Å²) in [4.78, 5) is 9.44. The van der Waals surface area contributed by atoms with Crippen LogP contribution in [-0.2, 0) is 4.79 Å². The Kier molecular flexibility index (Phi) is 25.3. The summed E-state index contributed by atoms with van der Waals surface area (Å²) in [6.07, 6.45) is 23.2. The van der Waals surface area contributed by atoms with E-state index in [9.17, 15) is 4.79 Å². The molecule has 0 heterocycles. The van der Waals surface area contributed by atoms with Gasteiger partial charge in [0, 0.05) is 6.61 Å². The molecule has 23 heavy (non-hydrogen) atoms. The number of ketones is 1. The molecule has 1 N–H and O–H groups in total. The van der Waals surface area contributed by atoms with Crippen LogP contribution in [0.1, 0.15) is 111 Å². The zero-order chi connectivity index (χ0) is 17.6. The lowest BCUT2D eigenvalue weighted by Gasteiger charge is -1.99. The Bertz CT molecular complexity index is 242. The van der Waals surface area contributed by atoms with Gasteiger partial charge in [-0.1, -0.05) is 76.9 Å². The van der Waals surface area contributed by atoms with Crippen LogP contribution in [0.5, 0.6) is 0 Å². The fourth-order valence-electron chi connectivity index (χ4n) is 2.36. The molecule has 0 aromatic heterocycles. The lowest BCUT2D eigenvalue weighted by atomic mass is 10.1. The van der Waals surface area contributed by atoms with Crippen molar-refractivity contribution in [3.63, 3.8) is 0 Å². The molecular weight excluding hydrogens is 284 g/mol. The van der Waals surface area contributed by atoms with E-state index in [0.717, 1.165) is 6.42 Å². The van der Waals surface area contributed by atoms with Crippen LogP contribution in [0.4, 0.5) is 0 Å². The van der Waals surface area contributed by atoms with Gasteiger partial charge in [-0.2, -0.15) is 0 Å². The number of rotatable bonds is 15. The van der Waals surface area contributed by atoms with Crippen molar-refractivity contribution in [3.05, 3.63) is 12.2 Å². The predicted molar refractivity (Wildman–Crippen MR) is 103 cm³/mol. The highest BCUT2D eigenvalue weighted by molar-refractivity contribution is 5.72. The van der Waals surface area contributed by atoms with E-state index in [1.165, 1.54) is 97.3 Å². The molecule has 0 fully saturated rings. The lowest BCUT2D eigenvalue weighted by molar-refractivity contribution is -0.114. The van der Waals surface area contributed by atoms with Crippen LogP contribution in [0.25, 0.3) is 0 Å². The summed E-state index contributed by atoms with van der Waals surface area (Å²) in [5.41, 5.74) is 0. The molecule has 0 bridgehead atoms. The fourth-order valence-corrected chi connectivity index (χ4v) is 2.36. The quantitative estimate of drug-likeness (QED) is 0.271. The van der Waals surface area contributed by atoms with Crippen LogP contribution in [0.3, 0.4) is 0 Å². The fraction of sp³-hybridized carbons (Fsp3) is 0.857. The third-order valence-electron chi connectivity index (χ3n) is 3.67. The van der Waals surface area contributed by atoms with Crippen molar-refractivity contribution in [3.8, 4) is 0 Å². The first-order valence-corrected chi connectivity index (χ1v) is 9.88. The van der Waals surface area contributed by atoms with E-state index >= 15 is 0 Å². The molecule has 0 saturated heterocycles. The topological polar surface area (TPSA) is 37.3 Å². The van der Waals surface area contributed by atoms with Crippen molar-refractivity contribution in [2.45, 2.75) is 111 Å². The third kappa shape index (κ3) is 33.9. The van der Waals surface area contributed by atoms with Gasteiger partial charge in [0.1, 0.15) is 5.78 Å². The van der Waals surface area contributed by atoms with E-state index in [1.807, 2.05) is 0 Å². The second-order valence-electron chi connectivity index (χ2n) is 6.57. The summed E-state index contributed by atoms with van der Waals surface area (Å²) in [6.45, 7) is 5.69. The molecule has 0 saturated carbocycles. The summed E-state index contributed by atoms with van der Waals surface area (Å²) >= 11 is 0. The smallest absolute Gasteiger partial charge is 0.126 e. The summed E-state index contributed by atoms with van der Waals surface area (Å²) in [6, 6.07) is 0. The Labute approximate surface area is 145 Å². The molecule has 2 heteroatoms. The van der Waals surface area contributed by atoms with Gasteiger partial charge in [0.25, 0.3) is 0 Å². The van der Waals surface area contributed by atoms with Crippen molar-refractivity contribution < 1.29 is 9.90 Å². The minimum atomic E-state index is 0.167. The number of aliphatic hydroxyl groups is 1. The summed E-state index contributed by atoms with van der Waals surface area (Å²) in [5, 5.41) is 8.66. The first kappa shape index (κ1) is 24.6. The van der Waals surface area contributed by atoms with E-state index in [-0.39, 0.29) is 5.78 Å². The average Bonchev–Trinajstić information content (AvgIpc) is 2.50. The molecule has 138 valence electrons. The molecule has 2 nitrogen and oxygen atoms in total. The molecule has 0 spiro atoms. The van der Waals surface area contributed by atoms with Crippen molar-refractivity contribution in [2.75, 3.05) is 6.61 Å². The zero-order valence-corrected chi connectivity index (χ0v) is 16.1. The van der Waals surface area contributed by atoms with Crippen LogP contribution in [0.2, 0.25) is 0 Å². The number of allylic oxidation sites excluding steroid dienone is 2. The molecule has 0 atom stereocenters. The molecule has 0 aliphatic carbocycles. The second-order valence-corrected chi connectivity index (χ2v) is 6.57. The van der Waals surface area contributed by atoms with Gasteiger partial charge in [-0.15, -0.1) is 0 Å². The van der Waals surface area contributed by atoms with Crippen molar-refractivity contribution in [1.82, 2.24) is 0 Å². The summed E-state index contributed by atoms with van der Waals surface area (Å²) < 4.78 is 0. The normalized spacial score (nSPS) is 10.6. The van der Waals surface area contributed by atoms with Gasteiger partial charge in [-0.3, -0.25) is 0 Å². The van der Waals surface area contributed by atoms with Crippen molar-refractivity contribution >= 4 is 5.78 Å². The molecule has 0 aliphatic rings. The third-order valence-corrected chi connectivity index (χ3v) is 3.67. The lowest BCUT2D eigenvalue weighted by Crippen LogP contribution is -1.83. The molecule has 0 unspecified atom stereocenters. The molecule has 0 radical (unpaired) electrons. The van der Waals surface area contributed by atoms with Gasteiger partial charge in [-0.05, 0) is 46.0 Å². The Morgan fingerprint density at radius 3 is 1.43 bits per heavy atom. The van der Waals surface area contributed by atoms with E-state index in [0.29, 0.717) is 6.61 Å². The van der Waals surface area contributed by atoms with Crippen molar-refractivity contribution in [1.29, 1.82) is 0 Å². The zero-order valence-electron chi connectivity index (χ0n) is 16.1. The van der Waals surface area contributed by atoms with E-state index in [4.69, 9.17) is 5.11 Å². The maximum absolute atomic E-state index is 9.44. The highest BCUT2D eigenvalue weighted by Gasteiger charge is 1.90. The van der Waals surface area contributed by atoms with Crippen LogP contribution in [0, 0.1) is 0 Å². The van der Waals surface area contributed by atoms with Gasteiger partial charge in [-0.25, -0.2) is 0 Å². The highest BCUT2D eigenvalue weighted by Crippen LogP contribution is 2.09.